The number of likely N-dealkylation sites (tertiary alicyclic amines) is 1. The molecule has 1 aromatic rings. The number of methoxy groups -OCH3 is 2. The summed E-state index contributed by atoms with van der Waals surface area (Å²) in [6.45, 7) is 2.33. The number of aliphatic carboxylic acids is 1. The summed E-state index contributed by atoms with van der Waals surface area (Å²) in [6.07, 6.45) is 0.212. The Hall–Kier alpha value is -1.43. The Morgan fingerprint density at radius 1 is 1.20 bits per heavy atom. The third-order valence-electron chi connectivity index (χ3n) is 3.75. The summed E-state index contributed by atoms with van der Waals surface area (Å²) in [5.41, 5.74) is 1.93. The van der Waals surface area contributed by atoms with E-state index in [1.54, 1.807) is 14.2 Å². The van der Waals surface area contributed by atoms with Gasteiger partial charge in [-0.25, -0.2) is 0 Å². The Morgan fingerprint density at radius 3 is 2.25 bits per heavy atom. The van der Waals surface area contributed by atoms with Crippen molar-refractivity contribution in [1.82, 2.24) is 4.90 Å². The molecule has 1 saturated heterocycles. The van der Waals surface area contributed by atoms with Gasteiger partial charge < -0.3 is 14.6 Å². The zero-order chi connectivity index (χ0) is 14.5. The van der Waals surface area contributed by atoms with Crippen LogP contribution in [0.5, 0.6) is 0 Å². The van der Waals surface area contributed by atoms with E-state index >= 15 is 0 Å². The predicted octanol–water partition coefficient (Wildman–Crippen LogP) is 1.16. The fourth-order valence-corrected chi connectivity index (χ4v) is 2.69. The molecule has 0 aromatic heterocycles. The highest BCUT2D eigenvalue weighted by atomic mass is 16.5. The molecule has 0 aliphatic carbocycles. The first-order valence-electron chi connectivity index (χ1n) is 6.70. The summed E-state index contributed by atoms with van der Waals surface area (Å²) >= 11 is 0. The summed E-state index contributed by atoms with van der Waals surface area (Å²) in [5.74, 6) is -0.802. The molecule has 110 valence electrons. The number of carbonyl (C=O) groups is 1. The molecule has 5 nitrogen and oxygen atoms in total. The van der Waals surface area contributed by atoms with E-state index in [-0.39, 0.29) is 18.6 Å². The molecule has 2 atom stereocenters. The maximum Gasteiger partial charge on any atom is 0.307 e. The van der Waals surface area contributed by atoms with Crippen molar-refractivity contribution in [3.05, 3.63) is 35.4 Å². The number of carboxylic acid groups (broad SMARTS) is 1. The number of hydrogen-bond acceptors (Lipinski definition) is 4. The van der Waals surface area contributed by atoms with E-state index in [9.17, 15) is 4.79 Å². The molecule has 2 rings (SSSR count). The molecule has 1 aliphatic rings. The lowest BCUT2D eigenvalue weighted by Gasteiger charge is -2.17. The van der Waals surface area contributed by atoms with E-state index in [1.807, 2.05) is 24.3 Å². The topological polar surface area (TPSA) is 59.0 Å². The highest BCUT2D eigenvalue weighted by Crippen LogP contribution is 2.20. The van der Waals surface area contributed by atoms with E-state index in [4.69, 9.17) is 14.6 Å². The van der Waals surface area contributed by atoms with Crippen LogP contribution in [0.3, 0.4) is 0 Å². The average Bonchev–Trinajstić information content (AvgIpc) is 2.82. The zero-order valence-corrected chi connectivity index (χ0v) is 11.9. The number of benzene rings is 1. The van der Waals surface area contributed by atoms with Crippen LogP contribution < -0.4 is 0 Å². The van der Waals surface area contributed by atoms with Gasteiger partial charge >= 0.3 is 5.97 Å². The molecule has 2 unspecified atom stereocenters. The summed E-state index contributed by atoms with van der Waals surface area (Å²) in [6, 6.07) is 7.68. The molecule has 1 aromatic carbocycles. The van der Waals surface area contributed by atoms with E-state index < -0.39 is 5.97 Å². The minimum atomic E-state index is -0.802. The molecular weight excluding hydrogens is 258 g/mol. The van der Waals surface area contributed by atoms with Crippen molar-refractivity contribution >= 4 is 5.97 Å². The first kappa shape index (κ1) is 15.0. The normalized spacial score (nSPS) is 23.1. The van der Waals surface area contributed by atoms with E-state index in [1.165, 1.54) is 0 Å². The third kappa shape index (κ3) is 3.56. The maximum absolute atomic E-state index is 10.9. The molecule has 1 aliphatic heterocycles. The Balaban J connectivity index is 2.05. The molecule has 1 N–H and O–H groups in total. The molecule has 1 heterocycles. The maximum atomic E-state index is 10.9. The van der Waals surface area contributed by atoms with E-state index in [0.29, 0.717) is 0 Å². The number of nitrogens with zero attached hydrogens (tertiary/aromatic N) is 1. The molecule has 0 spiro atoms. The second kappa shape index (κ2) is 6.83. The van der Waals surface area contributed by atoms with Crippen LogP contribution in [-0.4, -0.2) is 55.5 Å². The van der Waals surface area contributed by atoms with Crippen molar-refractivity contribution in [3.63, 3.8) is 0 Å². The Morgan fingerprint density at radius 2 is 1.75 bits per heavy atom. The van der Waals surface area contributed by atoms with E-state index in [2.05, 4.69) is 4.90 Å². The van der Waals surface area contributed by atoms with Crippen LogP contribution in [0.4, 0.5) is 0 Å². The van der Waals surface area contributed by atoms with Gasteiger partial charge in [-0.1, -0.05) is 24.3 Å². The number of carboxylic acids is 1. The Bertz CT molecular complexity index is 451. The Kier molecular flexibility index (Phi) is 5.11. The van der Waals surface area contributed by atoms with Gasteiger partial charge in [-0.2, -0.15) is 0 Å². The first-order chi connectivity index (χ1) is 9.63. The van der Waals surface area contributed by atoms with Crippen LogP contribution in [0.15, 0.2) is 24.3 Å². The quantitative estimate of drug-likeness (QED) is 0.847. The van der Waals surface area contributed by atoms with Crippen molar-refractivity contribution in [1.29, 1.82) is 0 Å². The number of ether oxygens (including phenoxy) is 2. The highest BCUT2D eigenvalue weighted by molar-refractivity contribution is 5.70. The van der Waals surface area contributed by atoms with Crippen LogP contribution in [0, 0.1) is 0 Å². The summed E-state index contributed by atoms with van der Waals surface area (Å²) in [4.78, 5) is 13.1. The standard InChI is InChI=1S/C15H21NO4/c1-19-13-9-16(10-14(13)20-2)8-12-6-4-3-5-11(12)7-15(17)18/h3-6,13-14H,7-10H2,1-2H3,(H,17,18). The van der Waals surface area contributed by atoms with Gasteiger partial charge in [-0.05, 0) is 11.1 Å². The second-order valence-corrected chi connectivity index (χ2v) is 5.08. The van der Waals surface area contributed by atoms with Crippen LogP contribution in [0.25, 0.3) is 0 Å². The van der Waals surface area contributed by atoms with Gasteiger partial charge in [0.15, 0.2) is 0 Å². The minimum absolute atomic E-state index is 0.0609. The van der Waals surface area contributed by atoms with Crippen LogP contribution in [0.1, 0.15) is 11.1 Å². The van der Waals surface area contributed by atoms with Gasteiger partial charge in [-0.15, -0.1) is 0 Å². The second-order valence-electron chi connectivity index (χ2n) is 5.08. The minimum Gasteiger partial charge on any atom is -0.481 e. The molecule has 0 radical (unpaired) electrons. The number of hydrogen-bond donors (Lipinski definition) is 1. The van der Waals surface area contributed by atoms with E-state index in [0.717, 1.165) is 30.8 Å². The van der Waals surface area contributed by atoms with Crippen molar-refractivity contribution in [2.24, 2.45) is 0 Å². The van der Waals surface area contributed by atoms with Crippen molar-refractivity contribution < 1.29 is 19.4 Å². The molecule has 20 heavy (non-hydrogen) atoms. The average molecular weight is 279 g/mol. The van der Waals surface area contributed by atoms with Gasteiger partial charge in [0.1, 0.15) is 0 Å². The number of rotatable bonds is 6. The summed E-state index contributed by atoms with van der Waals surface area (Å²) in [7, 11) is 3.39. The smallest absolute Gasteiger partial charge is 0.307 e. The highest BCUT2D eigenvalue weighted by Gasteiger charge is 2.32. The van der Waals surface area contributed by atoms with Crippen molar-refractivity contribution in [2.75, 3.05) is 27.3 Å². The van der Waals surface area contributed by atoms with Crippen molar-refractivity contribution in [2.45, 2.75) is 25.2 Å². The van der Waals surface area contributed by atoms with Crippen molar-refractivity contribution in [3.8, 4) is 0 Å². The third-order valence-corrected chi connectivity index (χ3v) is 3.75. The fourth-order valence-electron chi connectivity index (χ4n) is 2.69. The molecule has 0 saturated carbocycles. The lowest BCUT2D eigenvalue weighted by molar-refractivity contribution is -0.136. The van der Waals surface area contributed by atoms with Gasteiger partial charge in [0.25, 0.3) is 0 Å². The lowest BCUT2D eigenvalue weighted by atomic mass is 10.0. The zero-order valence-electron chi connectivity index (χ0n) is 11.9. The van der Waals surface area contributed by atoms with Gasteiger partial charge in [0.2, 0.25) is 0 Å². The monoisotopic (exact) mass is 279 g/mol. The summed E-state index contributed by atoms with van der Waals surface area (Å²) in [5, 5.41) is 8.96. The first-order valence-corrected chi connectivity index (χ1v) is 6.70. The molecular formula is C15H21NO4. The molecule has 0 amide bonds. The fraction of sp³-hybridized carbons (Fsp3) is 0.533. The molecule has 0 bridgehead atoms. The van der Waals surface area contributed by atoms with Gasteiger partial charge in [-0.3, -0.25) is 9.69 Å². The largest absolute Gasteiger partial charge is 0.481 e. The predicted molar refractivity (Wildman–Crippen MR) is 74.7 cm³/mol. The lowest BCUT2D eigenvalue weighted by Crippen LogP contribution is -2.27. The van der Waals surface area contributed by atoms with Gasteiger partial charge in [0, 0.05) is 33.9 Å². The summed E-state index contributed by atoms with van der Waals surface area (Å²) < 4.78 is 10.8. The SMILES string of the molecule is COC1CN(Cc2ccccc2CC(=O)O)CC1OC. The Labute approximate surface area is 119 Å². The van der Waals surface area contributed by atoms with Crippen LogP contribution in [-0.2, 0) is 27.2 Å². The van der Waals surface area contributed by atoms with Crippen LogP contribution >= 0.6 is 0 Å². The van der Waals surface area contributed by atoms with Gasteiger partial charge in [0.05, 0.1) is 18.6 Å². The molecule has 5 heteroatoms. The molecule has 1 fully saturated rings. The van der Waals surface area contributed by atoms with Crippen LogP contribution in [0.2, 0.25) is 0 Å².